The van der Waals surface area contributed by atoms with Crippen LogP contribution in [-0.2, 0) is 17.7 Å². The summed E-state index contributed by atoms with van der Waals surface area (Å²) in [5, 5.41) is 10.2. The fourth-order valence-corrected chi connectivity index (χ4v) is 2.53. The van der Waals surface area contributed by atoms with Crippen molar-refractivity contribution >= 4 is 0 Å². The molecule has 1 atom stereocenters. The molecule has 1 unspecified atom stereocenters. The van der Waals surface area contributed by atoms with Crippen LogP contribution in [0.3, 0.4) is 0 Å². The predicted octanol–water partition coefficient (Wildman–Crippen LogP) is 2.10. The van der Waals surface area contributed by atoms with Crippen molar-refractivity contribution in [1.29, 1.82) is 0 Å². The standard InChI is InChI=1S/C14H21NO3/c1-9(17-3)11-7-13(18-4)14(16)12-8-15(2)6-5-10(11)12/h7,9,16H,5-6,8H2,1-4H3. The molecule has 1 aromatic carbocycles. The summed E-state index contributed by atoms with van der Waals surface area (Å²) in [5.74, 6) is 0.800. The summed E-state index contributed by atoms with van der Waals surface area (Å²) in [5.41, 5.74) is 3.30. The molecule has 1 heterocycles. The van der Waals surface area contributed by atoms with E-state index in [-0.39, 0.29) is 11.9 Å². The van der Waals surface area contributed by atoms with Crippen LogP contribution in [0.2, 0.25) is 0 Å². The van der Waals surface area contributed by atoms with Gasteiger partial charge in [-0.25, -0.2) is 0 Å². The molecule has 18 heavy (non-hydrogen) atoms. The monoisotopic (exact) mass is 251 g/mol. The Hall–Kier alpha value is -1.26. The lowest BCUT2D eigenvalue weighted by Crippen LogP contribution is -2.28. The maximum atomic E-state index is 10.2. The third-order valence-corrected chi connectivity index (χ3v) is 3.70. The number of fused-ring (bicyclic) bond motifs is 1. The molecule has 0 radical (unpaired) electrons. The van der Waals surface area contributed by atoms with Gasteiger partial charge in [-0.1, -0.05) is 0 Å². The zero-order valence-corrected chi connectivity index (χ0v) is 11.5. The highest BCUT2D eigenvalue weighted by Crippen LogP contribution is 2.40. The van der Waals surface area contributed by atoms with E-state index >= 15 is 0 Å². The van der Waals surface area contributed by atoms with E-state index in [4.69, 9.17) is 9.47 Å². The summed E-state index contributed by atoms with van der Waals surface area (Å²) >= 11 is 0. The first kappa shape index (κ1) is 13.2. The number of phenolic OH excluding ortho intramolecular Hbond substituents is 1. The number of nitrogens with zero attached hydrogens (tertiary/aromatic N) is 1. The first-order chi connectivity index (χ1) is 8.58. The average molecular weight is 251 g/mol. The summed E-state index contributed by atoms with van der Waals surface area (Å²) in [7, 11) is 5.34. The van der Waals surface area contributed by atoms with Gasteiger partial charge in [-0.05, 0) is 37.6 Å². The smallest absolute Gasteiger partial charge is 0.162 e. The highest BCUT2D eigenvalue weighted by molar-refractivity contribution is 5.55. The second-order valence-electron chi connectivity index (χ2n) is 4.84. The molecule has 0 fully saturated rings. The van der Waals surface area contributed by atoms with Gasteiger partial charge in [-0.3, -0.25) is 0 Å². The summed E-state index contributed by atoms with van der Waals surface area (Å²) in [4.78, 5) is 2.20. The first-order valence-corrected chi connectivity index (χ1v) is 6.21. The average Bonchev–Trinajstić information content (AvgIpc) is 2.39. The van der Waals surface area contributed by atoms with E-state index in [0.29, 0.717) is 5.75 Å². The van der Waals surface area contributed by atoms with Crippen molar-refractivity contribution in [1.82, 2.24) is 4.90 Å². The Bertz CT molecular complexity index is 445. The van der Waals surface area contributed by atoms with E-state index < -0.39 is 0 Å². The van der Waals surface area contributed by atoms with E-state index in [0.717, 1.165) is 30.6 Å². The topological polar surface area (TPSA) is 41.9 Å². The van der Waals surface area contributed by atoms with Crippen molar-refractivity contribution in [2.75, 3.05) is 27.8 Å². The lowest BCUT2D eigenvalue weighted by atomic mass is 9.91. The Morgan fingerprint density at radius 2 is 2.06 bits per heavy atom. The highest BCUT2D eigenvalue weighted by atomic mass is 16.5. The van der Waals surface area contributed by atoms with Crippen LogP contribution in [0, 0.1) is 0 Å². The minimum absolute atomic E-state index is 0.0108. The van der Waals surface area contributed by atoms with Crippen molar-refractivity contribution in [2.45, 2.75) is 26.0 Å². The van der Waals surface area contributed by atoms with Crippen LogP contribution in [0.4, 0.5) is 0 Å². The molecule has 1 aliphatic rings. The lowest BCUT2D eigenvalue weighted by Gasteiger charge is -2.29. The van der Waals surface area contributed by atoms with Crippen LogP contribution in [-0.4, -0.2) is 37.8 Å². The van der Waals surface area contributed by atoms with Crippen LogP contribution in [0.15, 0.2) is 6.07 Å². The number of rotatable bonds is 3. The normalized spacial score (nSPS) is 17.3. The van der Waals surface area contributed by atoms with Gasteiger partial charge in [0.05, 0.1) is 13.2 Å². The van der Waals surface area contributed by atoms with E-state index in [9.17, 15) is 5.11 Å². The van der Waals surface area contributed by atoms with Crippen LogP contribution in [0.25, 0.3) is 0 Å². The number of likely N-dealkylation sites (N-methyl/N-ethyl adjacent to an activating group) is 1. The molecule has 2 rings (SSSR count). The number of benzene rings is 1. The van der Waals surface area contributed by atoms with Crippen molar-refractivity contribution in [3.63, 3.8) is 0 Å². The van der Waals surface area contributed by atoms with Gasteiger partial charge in [0, 0.05) is 25.8 Å². The molecule has 0 aliphatic carbocycles. The first-order valence-electron chi connectivity index (χ1n) is 6.21. The van der Waals surface area contributed by atoms with Gasteiger partial charge >= 0.3 is 0 Å². The molecule has 4 nitrogen and oxygen atoms in total. The second-order valence-corrected chi connectivity index (χ2v) is 4.84. The molecule has 1 aromatic rings. The fraction of sp³-hybridized carbons (Fsp3) is 0.571. The summed E-state index contributed by atoms with van der Waals surface area (Å²) < 4.78 is 10.7. The van der Waals surface area contributed by atoms with E-state index in [2.05, 4.69) is 11.9 Å². The maximum Gasteiger partial charge on any atom is 0.162 e. The number of phenols is 1. The Labute approximate surface area is 108 Å². The SMILES string of the molecule is COc1cc(C(C)OC)c2c(c1O)CN(C)CC2. The van der Waals surface area contributed by atoms with Gasteiger partial charge in [-0.15, -0.1) is 0 Å². The van der Waals surface area contributed by atoms with Crippen molar-refractivity contribution in [3.8, 4) is 11.5 Å². The summed E-state index contributed by atoms with van der Waals surface area (Å²) in [6.45, 7) is 3.77. The third-order valence-electron chi connectivity index (χ3n) is 3.70. The summed E-state index contributed by atoms with van der Waals surface area (Å²) in [6.07, 6.45) is 0.948. The number of hydrogen-bond donors (Lipinski definition) is 1. The van der Waals surface area contributed by atoms with Crippen molar-refractivity contribution in [2.24, 2.45) is 0 Å². The predicted molar refractivity (Wildman–Crippen MR) is 70.1 cm³/mol. The molecule has 0 aromatic heterocycles. The van der Waals surface area contributed by atoms with Gasteiger partial charge in [-0.2, -0.15) is 0 Å². The lowest BCUT2D eigenvalue weighted by molar-refractivity contribution is 0.117. The molecule has 1 N–H and O–H groups in total. The number of methoxy groups -OCH3 is 2. The fourth-order valence-electron chi connectivity index (χ4n) is 2.53. The molecular weight excluding hydrogens is 230 g/mol. The van der Waals surface area contributed by atoms with Crippen LogP contribution in [0.1, 0.15) is 29.7 Å². The minimum Gasteiger partial charge on any atom is -0.504 e. The van der Waals surface area contributed by atoms with Gasteiger partial charge in [0.2, 0.25) is 0 Å². The third kappa shape index (κ3) is 2.18. The largest absolute Gasteiger partial charge is 0.504 e. The van der Waals surface area contributed by atoms with Crippen LogP contribution < -0.4 is 4.74 Å². The number of hydrogen-bond acceptors (Lipinski definition) is 4. The quantitative estimate of drug-likeness (QED) is 0.893. The van der Waals surface area contributed by atoms with Gasteiger partial charge in [0.25, 0.3) is 0 Å². The van der Waals surface area contributed by atoms with E-state index in [1.165, 1.54) is 5.56 Å². The molecule has 0 amide bonds. The minimum atomic E-state index is 0.0108. The van der Waals surface area contributed by atoms with Crippen molar-refractivity contribution < 1.29 is 14.6 Å². The zero-order valence-electron chi connectivity index (χ0n) is 11.5. The van der Waals surface area contributed by atoms with Gasteiger partial charge < -0.3 is 19.5 Å². The van der Waals surface area contributed by atoms with Crippen LogP contribution >= 0.6 is 0 Å². The second kappa shape index (κ2) is 5.16. The number of ether oxygens (including phenoxy) is 2. The molecule has 0 saturated carbocycles. The van der Waals surface area contributed by atoms with Crippen LogP contribution in [0.5, 0.6) is 11.5 Å². The number of aromatic hydroxyl groups is 1. The molecule has 4 heteroatoms. The molecule has 100 valence electrons. The van der Waals surface area contributed by atoms with Gasteiger partial charge in [0.1, 0.15) is 0 Å². The Morgan fingerprint density at radius 1 is 1.33 bits per heavy atom. The van der Waals surface area contributed by atoms with Crippen molar-refractivity contribution in [3.05, 3.63) is 22.8 Å². The molecule has 0 bridgehead atoms. The Morgan fingerprint density at radius 3 is 2.67 bits per heavy atom. The Kier molecular flexibility index (Phi) is 3.78. The molecule has 0 spiro atoms. The maximum absolute atomic E-state index is 10.2. The van der Waals surface area contributed by atoms with E-state index in [1.54, 1.807) is 14.2 Å². The molecule has 1 aliphatic heterocycles. The van der Waals surface area contributed by atoms with Gasteiger partial charge in [0.15, 0.2) is 11.5 Å². The summed E-state index contributed by atoms with van der Waals surface area (Å²) in [6, 6.07) is 1.90. The molecular formula is C14H21NO3. The molecule has 0 saturated heterocycles. The highest BCUT2D eigenvalue weighted by Gasteiger charge is 2.25. The Balaban J connectivity index is 2.57. The zero-order chi connectivity index (χ0) is 13.3. The van der Waals surface area contributed by atoms with E-state index in [1.807, 2.05) is 13.0 Å².